The standard InChI is InChI=1S/C18H16N2OS/c1-12-6-5-7-14(10-12)18(21)20-16-9-4-3-8-15(16)17-11-22-13(2)19-17/h3-11H,1-2H3,(H,20,21). The number of amides is 1. The van der Waals surface area contributed by atoms with Gasteiger partial charge in [-0.15, -0.1) is 11.3 Å². The summed E-state index contributed by atoms with van der Waals surface area (Å²) in [5.41, 5.74) is 4.33. The fourth-order valence-electron chi connectivity index (χ4n) is 2.28. The number of carbonyl (C=O) groups is 1. The highest BCUT2D eigenvalue weighted by molar-refractivity contribution is 7.09. The maximum Gasteiger partial charge on any atom is 0.255 e. The lowest BCUT2D eigenvalue weighted by molar-refractivity contribution is 0.102. The van der Waals surface area contributed by atoms with Gasteiger partial charge >= 0.3 is 0 Å². The van der Waals surface area contributed by atoms with E-state index in [9.17, 15) is 4.79 Å². The van der Waals surface area contributed by atoms with Crippen LogP contribution in [-0.4, -0.2) is 10.9 Å². The van der Waals surface area contributed by atoms with Gasteiger partial charge in [-0.2, -0.15) is 0 Å². The molecule has 2 aromatic carbocycles. The first-order chi connectivity index (χ1) is 10.6. The molecule has 3 nitrogen and oxygen atoms in total. The number of benzene rings is 2. The number of carbonyl (C=O) groups excluding carboxylic acids is 1. The van der Waals surface area contributed by atoms with Gasteiger partial charge < -0.3 is 5.32 Å². The number of hydrogen-bond acceptors (Lipinski definition) is 3. The minimum absolute atomic E-state index is 0.108. The summed E-state index contributed by atoms with van der Waals surface area (Å²) in [6.45, 7) is 3.95. The molecule has 110 valence electrons. The lowest BCUT2D eigenvalue weighted by atomic mass is 10.1. The first-order valence-corrected chi connectivity index (χ1v) is 7.91. The Bertz CT molecular complexity index is 823. The number of aromatic nitrogens is 1. The molecule has 1 amide bonds. The predicted molar refractivity (Wildman–Crippen MR) is 91.4 cm³/mol. The van der Waals surface area contributed by atoms with Gasteiger partial charge in [0.25, 0.3) is 5.91 Å². The largest absolute Gasteiger partial charge is 0.321 e. The molecule has 1 N–H and O–H groups in total. The fourth-order valence-corrected chi connectivity index (χ4v) is 2.90. The molecule has 0 unspecified atom stereocenters. The van der Waals surface area contributed by atoms with Crippen LogP contribution in [0.25, 0.3) is 11.3 Å². The van der Waals surface area contributed by atoms with Crippen molar-refractivity contribution in [3.05, 3.63) is 70.0 Å². The van der Waals surface area contributed by atoms with E-state index in [1.807, 2.05) is 67.8 Å². The van der Waals surface area contributed by atoms with Crippen molar-refractivity contribution in [3.63, 3.8) is 0 Å². The van der Waals surface area contributed by atoms with E-state index < -0.39 is 0 Å². The van der Waals surface area contributed by atoms with Crippen molar-refractivity contribution in [3.8, 4) is 11.3 Å². The minimum Gasteiger partial charge on any atom is -0.321 e. The van der Waals surface area contributed by atoms with Gasteiger partial charge in [0.05, 0.1) is 16.4 Å². The van der Waals surface area contributed by atoms with Crippen molar-refractivity contribution in [2.45, 2.75) is 13.8 Å². The average Bonchev–Trinajstić information content (AvgIpc) is 2.94. The molecule has 3 rings (SSSR count). The summed E-state index contributed by atoms with van der Waals surface area (Å²) in [5, 5.41) is 6.00. The van der Waals surface area contributed by atoms with Crippen LogP contribution in [0.3, 0.4) is 0 Å². The molecule has 3 aromatic rings. The molecule has 4 heteroatoms. The van der Waals surface area contributed by atoms with Crippen LogP contribution in [0.2, 0.25) is 0 Å². The lowest BCUT2D eigenvalue weighted by Crippen LogP contribution is -2.12. The Kier molecular flexibility index (Phi) is 4.02. The number of nitrogens with zero attached hydrogens (tertiary/aromatic N) is 1. The van der Waals surface area contributed by atoms with Crippen LogP contribution in [0.15, 0.2) is 53.9 Å². The molecule has 0 saturated carbocycles. The molecule has 0 bridgehead atoms. The van der Waals surface area contributed by atoms with Crippen LogP contribution in [0.4, 0.5) is 5.69 Å². The number of anilines is 1. The average molecular weight is 308 g/mol. The van der Waals surface area contributed by atoms with Gasteiger partial charge in [-0.05, 0) is 32.0 Å². The van der Waals surface area contributed by atoms with Gasteiger partial charge in [0, 0.05) is 16.5 Å². The number of nitrogens with one attached hydrogen (secondary N) is 1. The van der Waals surface area contributed by atoms with Gasteiger partial charge in [0.15, 0.2) is 0 Å². The Balaban J connectivity index is 1.91. The zero-order chi connectivity index (χ0) is 15.5. The maximum atomic E-state index is 12.4. The van der Waals surface area contributed by atoms with E-state index >= 15 is 0 Å². The second kappa shape index (κ2) is 6.12. The third-order valence-corrected chi connectivity index (χ3v) is 4.12. The maximum absolute atomic E-state index is 12.4. The monoisotopic (exact) mass is 308 g/mol. The number of hydrogen-bond donors (Lipinski definition) is 1. The zero-order valence-corrected chi connectivity index (χ0v) is 13.3. The van der Waals surface area contributed by atoms with Crippen molar-refractivity contribution >= 4 is 22.9 Å². The topological polar surface area (TPSA) is 42.0 Å². The summed E-state index contributed by atoms with van der Waals surface area (Å²) in [6, 6.07) is 15.3. The first-order valence-electron chi connectivity index (χ1n) is 7.03. The molecule has 0 aliphatic rings. The van der Waals surface area contributed by atoms with E-state index in [1.54, 1.807) is 11.3 Å². The van der Waals surface area contributed by atoms with Crippen LogP contribution in [0, 0.1) is 13.8 Å². The van der Waals surface area contributed by atoms with E-state index in [0.717, 1.165) is 27.5 Å². The second-order valence-corrected chi connectivity index (χ2v) is 6.18. The van der Waals surface area contributed by atoms with E-state index in [2.05, 4.69) is 10.3 Å². The molecule has 0 aliphatic carbocycles. The minimum atomic E-state index is -0.108. The van der Waals surface area contributed by atoms with Gasteiger partial charge in [-0.25, -0.2) is 4.98 Å². The predicted octanol–water partition coefficient (Wildman–Crippen LogP) is 4.68. The Morgan fingerprint density at radius 1 is 1.09 bits per heavy atom. The number of aryl methyl sites for hydroxylation is 2. The van der Waals surface area contributed by atoms with Crippen molar-refractivity contribution in [2.75, 3.05) is 5.32 Å². The third kappa shape index (κ3) is 3.07. The second-order valence-electron chi connectivity index (χ2n) is 5.12. The molecule has 22 heavy (non-hydrogen) atoms. The SMILES string of the molecule is Cc1cccc(C(=O)Nc2ccccc2-c2csc(C)n2)c1. The first kappa shape index (κ1) is 14.5. The molecule has 0 radical (unpaired) electrons. The normalized spacial score (nSPS) is 10.5. The number of rotatable bonds is 3. The Hall–Kier alpha value is -2.46. The highest BCUT2D eigenvalue weighted by Gasteiger charge is 2.11. The van der Waals surface area contributed by atoms with Crippen molar-refractivity contribution in [1.29, 1.82) is 0 Å². The highest BCUT2D eigenvalue weighted by atomic mass is 32.1. The molecule has 0 spiro atoms. The van der Waals surface area contributed by atoms with Crippen LogP contribution in [0.1, 0.15) is 20.9 Å². The number of para-hydroxylation sites is 1. The smallest absolute Gasteiger partial charge is 0.255 e. The van der Waals surface area contributed by atoms with Gasteiger partial charge in [-0.1, -0.05) is 35.9 Å². The molecule has 0 fully saturated rings. The van der Waals surface area contributed by atoms with E-state index in [0.29, 0.717) is 5.56 Å². The lowest BCUT2D eigenvalue weighted by Gasteiger charge is -2.10. The summed E-state index contributed by atoms with van der Waals surface area (Å²) >= 11 is 1.60. The summed E-state index contributed by atoms with van der Waals surface area (Å²) in [4.78, 5) is 16.9. The van der Waals surface area contributed by atoms with Crippen LogP contribution < -0.4 is 5.32 Å². The van der Waals surface area contributed by atoms with Gasteiger partial charge in [-0.3, -0.25) is 4.79 Å². The third-order valence-electron chi connectivity index (χ3n) is 3.35. The van der Waals surface area contributed by atoms with E-state index in [1.165, 1.54) is 0 Å². The molecular formula is C18H16N2OS. The molecular weight excluding hydrogens is 292 g/mol. The van der Waals surface area contributed by atoms with Crippen LogP contribution >= 0.6 is 11.3 Å². The Labute approximate surface area is 133 Å². The summed E-state index contributed by atoms with van der Waals surface area (Å²) in [6.07, 6.45) is 0. The van der Waals surface area contributed by atoms with Crippen molar-refractivity contribution in [2.24, 2.45) is 0 Å². The van der Waals surface area contributed by atoms with Crippen molar-refractivity contribution in [1.82, 2.24) is 4.98 Å². The Morgan fingerprint density at radius 3 is 2.64 bits per heavy atom. The summed E-state index contributed by atoms with van der Waals surface area (Å²) < 4.78 is 0. The van der Waals surface area contributed by atoms with Crippen LogP contribution in [0.5, 0.6) is 0 Å². The van der Waals surface area contributed by atoms with Gasteiger partial charge in [0.1, 0.15) is 0 Å². The molecule has 0 aliphatic heterocycles. The fraction of sp³-hybridized carbons (Fsp3) is 0.111. The zero-order valence-electron chi connectivity index (χ0n) is 12.5. The summed E-state index contributed by atoms with van der Waals surface area (Å²) in [5.74, 6) is -0.108. The van der Waals surface area contributed by atoms with Crippen LogP contribution in [-0.2, 0) is 0 Å². The van der Waals surface area contributed by atoms with E-state index in [-0.39, 0.29) is 5.91 Å². The molecule has 0 atom stereocenters. The van der Waals surface area contributed by atoms with Crippen molar-refractivity contribution < 1.29 is 4.79 Å². The molecule has 1 heterocycles. The molecule has 1 aromatic heterocycles. The van der Waals surface area contributed by atoms with Gasteiger partial charge in [0.2, 0.25) is 0 Å². The summed E-state index contributed by atoms with van der Waals surface area (Å²) in [7, 11) is 0. The quantitative estimate of drug-likeness (QED) is 0.763. The molecule has 0 saturated heterocycles. The van der Waals surface area contributed by atoms with E-state index in [4.69, 9.17) is 0 Å². The Morgan fingerprint density at radius 2 is 1.91 bits per heavy atom. The highest BCUT2D eigenvalue weighted by Crippen LogP contribution is 2.29. The number of thiazole rings is 1.